The van der Waals surface area contributed by atoms with E-state index in [0.717, 1.165) is 11.1 Å². The third kappa shape index (κ3) is 5.65. The molecule has 2 atom stereocenters. The summed E-state index contributed by atoms with van der Waals surface area (Å²) in [5.74, 6) is -0.592. The number of likely N-dealkylation sites (N-methyl/N-ethyl adjacent to an activating group) is 1. The molecule has 200 valence electrons. The molecule has 0 aromatic heterocycles. The lowest BCUT2D eigenvalue weighted by Gasteiger charge is -2.33. The summed E-state index contributed by atoms with van der Waals surface area (Å²) < 4.78 is 0. The van der Waals surface area contributed by atoms with E-state index in [1.54, 1.807) is 18.2 Å². The van der Waals surface area contributed by atoms with Crippen LogP contribution in [0, 0.1) is 0 Å². The zero-order valence-corrected chi connectivity index (χ0v) is 22.9. The topological polar surface area (TPSA) is 81.8 Å². The quantitative estimate of drug-likeness (QED) is 0.392. The molecule has 2 heterocycles. The van der Waals surface area contributed by atoms with Gasteiger partial charge in [-0.15, -0.1) is 0 Å². The van der Waals surface area contributed by atoms with Crippen molar-refractivity contribution >= 4 is 41.0 Å². The van der Waals surface area contributed by atoms with Gasteiger partial charge in [-0.3, -0.25) is 14.5 Å². The van der Waals surface area contributed by atoms with Crippen molar-refractivity contribution in [1.82, 2.24) is 20.4 Å². The highest BCUT2D eigenvalue weighted by Gasteiger charge is 2.44. The lowest BCUT2D eigenvalue weighted by molar-refractivity contribution is -0.132. The van der Waals surface area contributed by atoms with Gasteiger partial charge in [-0.2, -0.15) is 0 Å². The normalized spacial score (nSPS) is 17.7. The lowest BCUT2D eigenvalue weighted by Crippen LogP contribution is -2.47. The first-order valence-corrected chi connectivity index (χ1v) is 13.5. The molecule has 0 radical (unpaired) electrons. The van der Waals surface area contributed by atoms with Crippen LogP contribution in [-0.4, -0.2) is 47.3 Å². The van der Waals surface area contributed by atoms with E-state index >= 15 is 0 Å². The summed E-state index contributed by atoms with van der Waals surface area (Å²) in [6.07, 6.45) is 0.610. The molecule has 3 aromatic rings. The number of nitrogens with one attached hydrogen (secondary N) is 2. The summed E-state index contributed by atoms with van der Waals surface area (Å²) in [4.78, 5) is 43.0. The maximum absolute atomic E-state index is 13.7. The second-order valence-corrected chi connectivity index (χ2v) is 10.4. The smallest absolute Gasteiger partial charge is 0.322 e. The Morgan fingerprint density at radius 3 is 2.38 bits per heavy atom. The highest BCUT2D eigenvalue weighted by atomic mass is 35.5. The Kier molecular flexibility index (Phi) is 7.91. The van der Waals surface area contributed by atoms with Crippen LogP contribution in [0.25, 0.3) is 0 Å². The molecule has 2 aliphatic rings. The number of halogens is 2. The Hall–Kier alpha value is -3.81. The summed E-state index contributed by atoms with van der Waals surface area (Å²) in [5, 5.41) is 6.82. The first-order chi connectivity index (χ1) is 18.9. The van der Waals surface area contributed by atoms with Crippen LogP contribution in [0.4, 0.5) is 4.79 Å². The van der Waals surface area contributed by atoms with Crippen LogP contribution in [0.5, 0.6) is 0 Å². The number of benzene rings is 3. The summed E-state index contributed by atoms with van der Waals surface area (Å²) in [5.41, 5.74) is 3.64. The van der Waals surface area contributed by atoms with Crippen molar-refractivity contribution in [3.05, 3.63) is 117 Å². The SMILES string of the molecule is CCN1C(=O)N[C@@H](c2ccc(Cl)cc2Cl)C2=C1CN(CC(=O)N[C@H](Cc1ccccc1)c1ccccc1)C2=O. The molecular formula is C30H28Cl2N4O3. The average Bonchev–Trinajstić information content (AvgIpc) is 3.24. The Balaban J connectivity index is 1.37. The molecule has 5 rings (SSSR count). The molecule has 0 saturated carbocycles. The highest BCUT2D eigenvalue weighted by molar-refractivity contribution is 6.35. The van der Waals surface area contributed by atoms with Gasteiger partial charge < -0.3 is 15.5 Å². The van der Waals surface area contributed by atoms with E-state index < -0.39 is 6.04 Å². The molecule has 0 aliphatic carbocycles. The van der Waals surface area contributed by atoms with Gasteiger partial charge in [-0.25, -0.2) is 4.79 Å². The van der Waals surface area contributed by atoms with E-state index in [9.17, 15) is 14.4 Å². The summed E-state index contributed by atoms with van der Waals surface area (Å²) in [6, 6.07) is 23.3. The van der Waals surface area contributed by atoms with E-state index in [0.29, 0.717) is 39.8 Å². The molecule has 0 spiro atoms. The van der Waals surface area contributed by atoms with Gasteiger partial charge in [0.15, 0.2) is 0 Å². The number of carbonyl (C=O) groups is 3. The second kappa shape index (κ2) is 11.5. The van der Waals surface area contributed by atoms with Crippen molar-refractivity contribution in [2.24, 2.45) is 0 Å². The van der Waals surface area contributed by atoms with Gasteiger partial charge in [0, 0.05) is 16.6 Å². The van der Waals surface area contributed by atoms with Gasteiger partial charge in [-0.05, 0) is 42.2 Å². The van der Waals surface area contributed by atoms with E-state index in [-0.39, 0.29) is 37.0 Å². The lowest BCUT2D eigenvalue weighted by atomic mass is 9.95. The van der Waals surface area contributed by atoms with Gasteiger partial charge in [0.25, 0.3) is 5.91 Å². The Morgan fingerprint density at radius 1 is 1.03 bits per heavy atom. The number of hydrogen-bond acceptors (Lipinski definition) is 3. The summed E-state index contributed by atoms with van der Waals surface area (Å²) in [7, 11) is 0. The number of hydrogen-bond donors (Lipinski definition) is 2. The molecule has 0 fully saturated rings. The number of nitrogens with zero attached hydrogens (tertiary/aromatic N) is 2. The minimum Gasteiger partial charge on any atom is -0.347 e. The van der Waals surface area contributed by atoms with Crippen molar-refractivity contribution < 1.29 is 14.4 Å². The maximum Gasteiger partial charge on any atom is 0.322 e. The fourth-order valence-corrected chi connectivity index (χ4v) is 5.70. The molecule has 9 heteroatoms. The van der Waals surface area contributed by atoms with Crippen LogP contribution in [0.15, 0.2) is 90.1 Å². The van der Waals surface area contributed by atoms with Crippen molar-refractivity contribution in [1.29, 1.82) is 0 Å². The van der Waals surface area contributed by atoms with Crippen molar-refractivity contribution in [3.63, 3.8) is 0 Å². The first-order valence-electron chi connectivity index (χ1n) is 12.8. The van der Waals surface area contributed by atoms with Crippen LogP contribution in [0.1, 0.15) is 35.7 Å². The average molecular weight is 563 g/mol. The minimum atomic E-state index is -0.740. The molecule has 2 N–H and O–H groups in total. The van der Waals surface area contributed by atoms with E-state index in [1.807, 2.05) is 67.6 Å². The number of urea groups is 1. The Bertz CT molecular complexity index is 1430. The van der Waals surface area contributed by atoms with Crippen LogP contribution in [-0.2, 0) is 16.0 Å². The highest BCUT2D eigenvalue weighted by Crippen LogP contribution is 2.39. The van der Waals surface area contributed by atoms with E-state index in [2.05, 4.69) is 10.6 Å². The minimum absolute atomic E-state index is 0.142. The van der Waals surface area contributed by atoms with E-state index in [1.165, 1.54) is 9.80 Å². The predicted octanol–water partition coefficient (Wildman–Crippen LogP) is 5.28. The molecule has 0 saturated heterocycles. The predicted molar refractivity (Wildman–Crippen MR) is 151 cm³/mol. The molecule has 2 aliphatic heterocycles. The van der Waals surface area contributed by atoms with Crippen molar-refractivity contribution in [3.8, 4) is 0 Å². The molecular weight excluding hydrogens is 535 g/mol. The third-order valence-corrected chi connectivity index (χ3v) is 7.60. The monoisotopic (exact) mass is 562 g/mol. The van der Waals surface area contributed by atoms with Crippen LogP contribution < -0.4 is 10.6 Å². The van der Waals surface area contributed by atoms with Gasteiger partial charge in [0.2, 0.25) is 5.91 Å². The molecule has 39 heavy (non-hydrogen) atoms. The van der Waals surface area contributed by atoms with Gasteiger partial charge in [0.05, 0.1) is 29.9 Å². The zero-order chi connectivity index (χ0) is 27.5. The van der Waals surface area contributed by atoms with Crippen molar-refractivity contribution in [2.45, 2.75) is 25.4 Å². The van der Waals surface area contributed by atoms with Crippen LogP contribution in [0.2, 0.25) is 10.0 Å². The fourth-order valence-electron chi connectivity index (χ4n) is 5.18. The summed E-state index contributed by atoms with van der Waals surface area (Å²) >= 11 is 12.5. The third-order valence-electron chi connectivity index (χ3n) is 7.04. The van der Waals surface area contributed by atoms with Crippen LogP contribution in [0.3, 0.4) is 0 Å². The molecule has 0 unspecified atom stereocenters. The maximum atomic E-state index is 13.7. The molecule has 0 bridgehead atoms. The number of amides is 4. The van der Waals surface area contributed by atoms with Gasteiger partial charge in [0.1, 0.15) is 6.54 Å². The van der Waals surface area contributed by atoms with Crippen LogP contribution >= 0.6 is 23.2 Å². The Morgan fingerprint density at radius 2 is 1.72 bits per heavy atom. The first kappa shape index (κ1) is 26.8. The second-order valence-electron chi connectivity index (χ2n) is 9.53. The van der Waals surface area contributed by atoms with Gasteiger partial charge in [-0.1, -0.05) is 89.9 Å². The Labute approximate surface area is 237 Å². The molecule has 7 nitrogen and oxygen atoms in total. The van der Waals surface area contributed by atoms with E-state index in [4.69, 9.17) is 23.2 Å². The number of rotatable bonds is 8. The largest absolute Gasteiger partial charge is 0.347 e. The standard InChI is InChI=1S/C30H28Cl2N4O3/c1-2-36-25-17-35(29(38)27(25)28(34-30(36)39)22-14-13-21(31)16-23(22)32)18-26(37)33-24(20-11-7-4-8-12-20)15-19-9-5-3-6-10-19/h3-14,16,24,28H,2,15,17-18H2,1H3,(H,33,37)(H,34,39)/t24-,28+/m1/s1. The summed E-state index contributed by atoms with van der Waals surface area (Å²) in [6.45, 7) is 2.23. The molecule has 3 aromatic carbocycles. The van der Waals surface area contributed by atoms with Crippen molar-refractivity contribution in [2.75, 3.05) is 19.6 Å². The van der Waals surface area contributed by atoms with Gasteiger partial charge >= 0.3 is 6.03 Å². The zero-order valence-electron chi connectivity index (χ0n) is 21.4. The molecule has 4 amide bonds. The fraction of sp³-hybridized carbons (Fsp3) is 0.233. The number of carbonyl (C=O) groups excluding carboxylic acids is 3.